The van der Waals surface area contributed by atoms with Gasteiger partial charge < -0.3 is 10.2 Å². The number of hydrogen-bond donors (Lipinski definition) is 1. The number of non-ortho nitro benzene ring substituents is 1. The van der Waals surface area contributed by atoms with Gasteiger partial charge in [0.1, 0.15) is 5.82 Å². The lowest BCUT2D eigenvalue weighted by Gasteiger charge is -2.31. The molecule has 8 nitrogen and oxygen atoms in total. The van der Waals surface area contributed by atoms with Gasteiger partial charge in [-0.15, -0.1) is 0 Å². The summed E-state index contributed by atoms with van der Waals surface area (Å²) in [5.41, 5.74) is 1.30. The van der Waals surface area contributed by atoms with Crippen molar-refractivity contribution in [3.05, 3.63) is 80.6 Å². The summed E-state index contributed by atoms with van der Waals surface area (Å²) >= 11 is 7.48. The topological polar surface area (TPSA) is 101 Å². The fourth-order valence-corrected chi connectivity index (χ4v) is 4.68. The second-order valence-corrected chi connectivity index (χ2v) is 8.85. The first-order valence-corrected chi connectivity index (χ1v) is 11.5. The minimum atomic E-state index is -0.538. The fourth-order valence-electron chi connectivity index (χ4n) is 3.69. The van der Waals surface area contributed by atoms with E-state index < -0.39 is 4.92 Å². The van der Waals surface area contributed by atoms with Crippen LogP contribution in [0.2, 0.25) is 5.02 Å². The number of nitrogens with zero attached hydrogens (tertiary/aromatic N) is 4. The third-order valence-electron chi connectivity index (χ3n) is 5.51. The Hall–Kier alpha value is -3.04. The second-order valence-electron chi connectivity index (χ2n) is 7.72. The van der Waals surface area contributed by atoms with Crippen molar-refractivity contribution >= 4 is 39.9 Å². The number of amides is 1. The number of halogens is 1. The minimum absolute atomic E-state index is 0.0779. The number of nitro groups is 1. The lowest BCUT2D eigenvalue weighted by atomic mass is 9.97. The van der Waals surface area contributed by atoms with Gasteiger partial charge in [0.15, 0.2) is 0 Å². The molecule has 1 aliphatic rings. The third-order valence-corrected chi connectivity index (χ3v) is 6.63. The van der Waals surface area contributed by atoms with E-state index in [2.05, 4.69) is 26.7 Å². The van der Waals surface area contributed by atoms with Crippen LogP contribution in [0.1, 0.15) is 34.6 Å². The molecule has 1 fully saturated rings. The summed E-state index contributed by atoms with van der Waals surface area (Å²) in [7, 11) is 0. The summed E-state index contributed by atoms with van der Waals surface area (Å²) in [5, 5.41) is 14.7. The quantitative estimate of drug-likeness (QED) is 0.406. The molecule has 0 unspecified atom stereocenters. The van der Waals surface area contributed by atoms with E-state index in [4.69, 9.17) is 16.6 Å². The number of carbonyl (C=O) groups excluding carboxylic acids is 1. The van der Waals surface area contributed by atoms with E-state index in [9.17, 15) is 14.9 Å². The largest absolute Gasteiger partial charge is 0.352 e. The van der Waals surface area contributed by atoms with E-state index >= 15 is 0 Å². The molecule has 1 saturated heterocycles. The van der Waals surface area contributed by atoms with Crippen molar-refractivity contribution in [3.63, 3.8) is 0 Å². The summed E-state index contributed by atoms with van der Waals surface area (Å²) in [5.74, 6) is 0.872. The van der Waals surface area contributed by atoms with Crippen LogP contribution in [0.5, 0.6) is 0 Å². The Morgan fingerprint density at radius 1 is 1.22 bits per heavy atom. The van der Waals surface area contributed by atoms with Crippen LogP contribution in [0.15, 0.2) is 48.5 Å². The number of benzene rings is 2. The highest BCUT2D eigenvalue weighted by molar-refractivity contribution is 7.09. The molecule has 1 aromatic heterocycles. The van der Waals surface area contributed by atoms with Crippen LogP contribution in [0, 0.1) is 16.0 Å². The Morgan fingerprint density at radius 3 is 2.66 bits per heavy atom. The molecule has 0 aliphatic carbocycles. The molecule has 0 atom stereocenters. The van der Waals surface area contributed by atoms with E-state index in [1.54, 1.807) is 0 Å². The maximum absolute atomic E-state index is 12.4. The molecule has 0 bridgehead atoms. The SMILES string of the molecule is O=C(NCC1CCN(c2nc(Cc3ccccc3)ns2)CC1)c1ccc([N+](=O)[O-])cc1Cl. The summed E-state index contributed by atoms with van der Waals surface area (Å²) in [6.07, 6.45) is 2.59. The van der Waals surface area contributed by atoms with Crippen LogP contribution in [-0.2, 0) is 6.42 Å². The highest BCUT2D eigenvalue weighted by Crippen LogP contribution is 2.26. The predicted octanol–water partition coefficient (Wildman–Crippen LogP) is 4.34. The first-order valence-electron chi connectivity index (χ1n) is 10.3. The molecule has 32 heavy (non-hydrogen) atoms. The molecule has 166 valence electrons. The molecule has 0 spiro atoms. The Morgan fingerprint density at radius 2 is 1.97 bits per heavy atom. The monoisotopic (exact) mass is 471 g/mol. The zero-order valence-corrected chi connectivity index (χ0v) is 18.8. The van der Waals surface area contributed by atoms with Crippen LogP contribution in [-0.4, -0.2) is 39.8 Å². The molecule has 1 N–H and O–H groups in total. The number of piperidine rings is 1. The van der Waals surface area contributed by atoms with Gasteiger partial charge in [0.05, 0.1) is 15.5 Å². The molecule has 2 aromatic carbocycles. The molecular formula is C22H22ClN5O3S. The molecule has 4 rings (SSSR count). The van der Waals surface area contributed by atoms with Crippen molar-refractivity contribution in [3.8, 4) is 0 Å². The van der Waals surface area contributed by atoms with E-state index in [0.717, 1.165) is 43.3 Å². The van der Waals surface area contributed by atoms with Crippen molar-refractivity contribution in [2.24, 2.45) is 5.92 Å². The zero-order chi connectivity index (χ0) is 22.5. The zero-order valence-electron chi connectivity index (χ0n) is 17.2. The Balaban J connectivity index is 1.26. The maximum atomic E-state index is 12.4. The van der Waals surface area contributed by atoms with Crippen LogP contribution >= 0.6 is 23.1 Å². The predicted molar refractivity (Wildman–Crippen MR) is 125 cm³/mol. The smallest absolute Gasteiger partial charge is 0.270 e. The highest BCUT2D eigenvalue weighted by Gasteiger charge is 2.23. The van der Waals surface area contributed by atoms with Gasteiger partial charge in [-0.05, 0) is 30.4 Å². The van der Waals surface area contributed by atoms with Gasteiger partial charge in [0.2, 0.25) is 5.13 Å². The highest BCUT2D eigenvalue weighted by atomic mass is 35.5. The van der Waals surface area contributed by atoms with Crippen LogP contribution in [0.3, 0.4) is 0 Å². The summed E-state index contributed by atoms with van der Waals surface area (Å²) in [4.78, 5) is 29.7. The van der Waals surface area contributed by atoms with Gasteiger partial charge in [-0.2, -0.15) is 4.37 Å². The van der Waals surface area contributed by atoms with E-state index in [-0.39, 0.29) is 22.2 Å². The molecule has 0 saturated carbocycles. The van der Waals surface area contributed by atoms with Crippen molar-refractivity contribution in [2.75, 3.05) is 24.5 Å². The number of aromatic nitrogens is 2. The lowest BCUT2D eigenvalue weighted by molar-refractivity contribution is -0.384. The molecule has 0 radical (unpaired) electrons. The lowest BCUT2D eigenvalue weighted by Crippen LogP contribution is -2.38. The number of nitrogens with one attached hydrogen (secondary N) is 1. The number of anilines is 1. The molecule has 1 amide bonds. The Kier molecular flexibility index (Phi) is 6.96. The average Bonchev–Trinajstić information content (AvgIpc) is 3.26. The summed E-state index contributed by atoms with van der Waals surface area (Å²) < 4.78 is 4.50. The number of nitro benzene ring substituents is 1. The molecule has 10 heteroatoms. The van der Waals surface area contributed by atoms with E-state index in [0.29, 0.717) is 12.5 Å². The number of hydrogen-bond acceptors (Lipinski definition) is 7. The Labute approximate surface area is 194 Å². The summed E-state index contributed by atoms with van der Waals surface area (Å²) in [6, 6.07) is 14.0. The van der Waals surface area contributed by atoms with Crippen LogP contribution in [0.25, 0.3) is 0 Å². The van der Waals surface area contributed by atoms with Gasteiger partial charge in [-0.1, -0.05) is 41.9 Å². The first-order chi connectivity index (χ1) is 15.5. The minimum Gasteiger partial charge on any atom is -0.352 e. The van der Waals surface area contributed by atoms with Crippen molar-refractivity contribution in [2.45, 2.75) is 19.3 Å². The third kappa shape index (κ3) is 5.41. The number of rotatable bonds is 7. The first kappa shape index (κ1) is 22.2. The molecule has 3 aromatic rings. The van der Waals surface area contributed by atoms with Gasteiger partial charge in [0.25, 0.3) is 11.6 Å². The van der Waals surface area contributed by atoms with Gasteiger partial charge in [-0.25, -0.2) is 4.98 Å². The summed E-state index contributed by atoms with van der Waals surface area (Å²) in [6.45, 7) is 2.26. The fraction of sp³-hybridized carbons (Fsp3) is 0.318. The maximum Gasteiger partial charge on any atom is 0.270 e. The van der Waals surface area contributed by atoms with E-state index in [1.165, 1.54) is 35.3 Å². The average molecular weight is 472 g/mol. The van der Waals surface area contributed by atoms with Crippen molar-refractivity contribution in [1.29, 1.82) is 0 Å². The van der Waals surface area contributed by atoms with Crippen LogP contribution < -0.4 is 10.2 Å². The molecule has 1 aliphatic heterocycles. The van der Waals surface area contributed by atoms with Crippen molar-refractivity contribution in [1.82, 2.24) is 14.7 Å². The number of carbonyl (C=O) groups is 1. The second kappa shape index (κ2) is 10.1. The van der Waals surface area contributed by atoms with E-state index in [1.807, 2.05) is 18.2 Å². The standard InChI is InChI=1S/C22H22ClN5O3S/c23-19-13-17(28(30)31)6-7-18(19)21(29)24-14-16-8-10-27(11-9-16)22-25-20(26-32-22)12-15-4-2-1-3-5-15/h1-7,13,16H,8-12,14H2,(H,24,29). The Bertz CT molecular complexity index is 1100. The van der Waals surface area contributed by atoms with Gasteiger partial charge in [-0.3, -0.25) is 14.9 Å². The molecule has 2 heterocycles. The van der Waals surface area contributed by atoms with Gasteiger partial charge >= 0.3 is 0 Å². The van der Waals surface area contributed by atoms with Crippen molar-refractivity contribution < 1.29 is 9.72 Å². The molecular weight excluding hydrogens is 450 g/mol. The van der Waals surface area contributed by atoms with Gasteiger partial charge in [0, 0.05) is 49.7 Å². The normalized spacial score (nSPS) is 14.3. The van der Waals surface area contributed by atoms with Crippen LogP contribution in [0.4, 0.5) is 10.8 Å².